The monoisotopic (exact) mass is 392 g/mol. The van der Waals surface area contributed by atoms with Gasteiger partial charge in [0.2, 0.25) is 11.8 Å². The highest BCUT2D eigenvalue weighted by Crippen LogP contribution is 2.28. The molecule has 1 N–H and O–H groups in total. The predicted molar refractivity (Wildman–Crippen MR) is 102 cm³/mol. The van der Waals surface area contributed by atoms with E-state index < -0.39 is 11.7 Å². The van der Waals surface area contributed by atoms with Crippen LogP contribution in [0.15, 0.2) is 47.4 Å². The molecule has 0 radical (unpaired) electrons. The summed E-state index contributed by atoms with van der Waals surface area (Å²) >= 11 is 7.44. The Hall–Kier alpha value is -2.05. The first-order valence-electron chi connectivity index (χ1n) is 8.14. The Morgan fingerprint density at radius 2 is 2.04 bits per heavy atom. The smallest absolute Gasteiger partial charge is 0.227 e. The Labute approximate surface area is 160 Å². The number of hydrogen-bond acceptors (Lipinski definition) is 3. The first kappa shape index (κ1) is 18.7. The topological polar surface area (TPSA) is 49.4 Å². The summed E-state index contributed by atoms with van der Waals surface area (Å²) in [7, 11) is 0. The van der Waals surface area contributed by atoms with Crippen molar-refractivity contribution >= 4 is 40.9 Å². The van der Waals surface area contributed by atoms with Crippen LogP contribution < -0.4 is 10.2 Å². The van der Waals surface area contributed by atoms with Crippen LogP contribution in [-0.2, 0) is 16.1 Å². The van der Waals surface area contributed by atoms with Crippen molar-refractivity contribution in [2.75, 3.05) is 17.7 Å². The van der Waals surface area contributed by atoms with Gasteiger partial charge >= 0.3 is 0 Å². The standard InChI is InChI=1S/C19H18ClFN2O2S/c1-26-15-5-2-12(3-6-15)10-22-19(25)13-8-18(24)23(11-13)14-4-7-17(21)16(20)9-14/h2-7,9,13H,8,10-11H2,1H3,(H,22,25)/t13-/m0/s1. The summed E-state index contributed by atoms with van der Waals surface area (Å²) in [5.41, 5.74) is 1.51. The maximum absolute atomic E-state index is 13.3. The molecule has 1 aliphatic rings. The number of carbonyl (C=O) groups is 2. The number of thioether (sulfide) groups is 1. The van der Waals surface area contributed by atoms with E-state index in [9.17, 15) is 14.0 Å². The van der Waals surface area contributed by atoms with Gasteiger partial charge in [0.1, 0.15) is 5.82 Å². The first-order valence-corrected chi connectivity index (χ1v) is 9.74. The van der Waals surface area contributed by atoms with Crippen LogP contribution in [-0.4, -0.2) is 24.6 Å². The zero-order chi connectivity index (χ0) is 18.7. The van der Waals surface area contributed by atoms with Gasteiger partial charge in [-0.1, -0.05) is 23.7 Å². The van der Waals surface area contributed by atoms with Gasteiger partial charge in [-0.05, 0) is 42.2 Å². The van der Waals surface area contributed by atoms with E-state index in [0.29, 0.717) is 12.2 Å². The molecule has 2 aromatic rings. The predicted octanol–water partition coefficient (Wildman–Crippen LogP) is 3.87. The molecule has 3 rings (SSSR count). The number of benzene rings is 2. The van der Waals surface area contributed by atoms with Gasteiger partial charge in [-0.15, -0.1) is 11.8 Å². The van der Waals surface area contributed by atoms with Gasteiger partial charge in [-0.25, -0.2) is 4.39 Å². The maximum Gasteiger partial charge on any atom is 0.227 e. The fraction of sp³-hybridized carbons (Fsp3) is 0.263. The van der Waals surface area contributed by atoms with Crippen molar-refractivity contribution in [3.05, 3.63) is 58.9 Å². The molecule has 0 aromatic heterocycles. The number of carbonyl (C=O) groups excluding carboxylic acids is 2. The van der Waals surface area contributed by atoms with Crippen molar-refractivity contribution in [3.63, 3.8) is 0 Å². The first-order chi connectivity index (χ1) is 12.5. The van der Waals surface area contributed by atoms with Crippen LogP contribution in [0.2, 0.25) is 5.02 Å². The molecule has 1 heterocycles. The number of hydrogen-bond donors (Lipinski definition) is 1. The van der Waals surface area contributed by atoms with E-state index in [4.69, 9.17) is 11.6 Å². The molecule has 26 heavy (non-hydrogen) atoms. The van der Waals surface area contributed by atoms with Gasteiger partial charge in [0.15, 0.2) is 0 Å². The Morgan fingerprint density at radius 3 is 2.69 bits per heavy atom. The molecule has 1 fully saturated rings. The van der Waals surface area contributed by atoms with Gasteiger partial charge in [0.05, 0.1) is 10.9 Å². The van der Waals surface area contributed by atoms with Crippen molar-refractivity contribution in [1.29, 1.82) is 0 Å². The van der Waals surface area contributed by atoms with Crippen LogP contribution in [0.4, 0.5) is 10.1 Å². The highest BCUT2D eigenvalue weighted by atomic mass is 35.5. The number of anilines is 1. The maximum atomic E-state index is 13.3. The third-order valence-electron chi connectivity index (χ3n) is 4.34. The molecule has 136 valence electrons. The summed E-state index contributed by atoms with van der Waals surface area (Å²) < 4.78 is 13.3. The molecular weight excluding hydrogens is 375 g/mol. The zero-order valence-electron chi connectivity index (χ0n) is 14.2. The quantitative estimate of drug-likeness (QED) is 0.786. The van der Waals surface area contributed by atoms with Crippen LogP contribution in [0.5, 0.6) is 0 Å². The highest BCUT2D eigenvalue weighted by Gasteiger charge is 2.35. The van der Waals surface area contributed by atoms with Crippen LogP contribution in [0.3, 0.4) is 0 Å². The van der Waals surface area contributed by atoms with Gasteiger partial charge in [0.25, 0.3) is 0 Å². The fourth-order valence-corrected chi connectivity index (χ4v) is 3.45. The summed E-state index contributed by atoms with van der Waals surface area (Å²) in [6.07, 6.45) is 2.14. The average Bonchev–Trinajstić information content (AvgIpc) is 3.04. The van der Waals surface area contributed by atoms with E-state index in [1.165, 1.54) is 23.1 Å². The Bertz CT molecular complexity index is 829. The molecule has 2 aromatic carbocycles. The minimum Gasteiger partial charge on any atom is -0.352 e. The molecule has 2 amide bonds. The van der Waals surface area contributed by atoms with Crippen LogP contribution in [0.25, 0.3) is 0 Å². The molecule has 0 saturated carbocycles. The third kappa shape index (κ3) is 4.19. The number of nitrogens with one attached hydrogen (secondary N) is 1. The Morgan fingerprint density at radius 1 is 1.31 bits per heavy atom. The molecule has 0 spiro atoms. The van der Waals surface area contributed by atoms with E-state index in [1.807, 2.05) is 30.5 Å². The summed E-state index contributed by atoms with van der Waals surface area (Å²) in [5.74, 6) is -1.30. The second kappa shape index (κ2) is 8.10. The number of halogens is 2. The molecule has 7 heteroatoms. The summed E-state index contributed by atoms with van der Waals surface area (Å²) in [6, 6.07) is 12.1. The fourth-order valence-electron chi connectivity index (χ4n) is 2.86. The van der Waals surface area contributed by atoms with Gasteiger partial charge in [-0.3, -0.25) is 9.59 Å². The Kier molecular flexibility index (Phi) is 5.84. The van der Waals surface area contributed by atoms with E-state index in [-0.39, 0.29) is 29.8 Å². The second-order valence-electron chi connectivity index (χ2n) is 6.07. The lowest BCUT2D eigenvalue weighted by Crippen LogP contribution is -2.32. The minimum atomic E-state index is -0.538. The molecule has 0 bridgehead atoms. The molecule has 0 aliphatic carbocycles. The van der Waals surface area contributed by atoms with Crippen LogP contribution in [0, 0.1) is 11.7 Å². The number of amides is 2. The average molecular weight is 393 g/mol. The third-order valence-corrected chi connectivity index (χ3v) is 5.37. The normalized spacial score (nSPS) is 16.8. The van der Waals surface area contributed by atoms with Crippen LogP contribution >= 0.6 is 23.4 Å². The molecule has 0 unspecified atom stereocenters. The highest BCUT2D eigenvalue weighted by molar-refractivity contribution is 7.98. The van der Waals surface area contributed by atoms with Gasteiger partial charge in [-0.2, -0.15) is 0 Å². The largest absolute Gasteiger partial charge is 0.352 e. The van der Waals surface area contributed by atoms with Crippen molar-refractivity contribution in [2.24, 2.45) is 5.92 Å². The van der Waals surface area contributed by atoms with Crippen molar-refractivity contribution in [3.8, 4) is 0 Å². The van der Waals surface area contributed by atoms with E-state index in [1.54, 1.807) is 11.8 Å². The minimum absolute atomic E-state index is 0.0445. The lowest BCUT2D eigenvalue weighted by atomic mass is 10.1. The molecule has 1 aliphatic heterocycles. The number of nitrogens with zero attached hydrogens (tertiary/aromatic N) is 1. The van der Waals surface area contributed by atoms with E-state index in [0.717, 1.165) is 10.5 Å². The SMILES string of the molecule is CSc1ccc(CNC(=O)[C@H]2CC(=O)N(c3ccc(F)c(Cl)c3)C2)cc1. The lowest BCUT2D eigenvalue weighted by molar-refractivity contribution is -0.126. The van der Waals surface area contributed by atoms with E-state index in [2.05, 4.69) is 5.32 Å². The summed E-state index contributed by atoms with van der Waals surface area (Å²) in [6.45, 7) is 0.679. The van der Waals surface area contributed by atoms with Gasteiger partial charge < -0.3 is 10.2 Å². The zero-order valence-corrected chi connectivity index (χ0v) is 15.7. The molecular formula is C19H18ClFN2O2S. The number of rotatable bonds is 5. The molecule has 1 atom stereocenters. The van der Waals surface area contributed by atoms with Crippen LogP contribution in [0.1, 0.15) is 12.0 Å². The second-order valence-corrected chi connectivity index (χ2v) is 7.36. The Balaban J connectivity index is 1.60. The van der Waals surface area contributed by atoms with Gasteiger partial charge in [0, 0.05) is 30.1 Å². The van der Waals surface area contributed by atoms with Crippen molar-refractivity contribution < 1.29 is 14.0 Å². The lowest BCUT2D eigenvalue weighted by Gasteiger charge is -2.17. The van der Waals surface area contributed by atoms with E-state index >= 15 is 0 Å². The van der Waals surface area contributed by atoms with Crippen molar-refractivity contribution in [1.82, 2.24) is 5.32 Å². The molecule has 1 saturated heterocycles. The molecule has 4 nitrogen and oxygen atoms in total. The summed E-state index contributed by atoms with van der Waals surface area (Å²) in [5, 5.41) is 2.84. The van der Waals surface area contributed by atoms with Crippen molar-refractivity contribution in [2.45, 2.75) is 17.9 Å². The summed E-state index contributed by atoms with van der Waals surface area (Å²) in [4.78, 5) is 27.3.